The Morgan fingerprint density at radius 1 is 1.39 bits per heavy atom. The van der Waals surface area contributed by atoms with Gasteiger partial charge in [0.2, 0.25) is 11.7 Å². The van der Waals surface area contributed by atoms with Gasteiger partial charge in [-0.2, -0.15) is 4.39 Å². The van der Waals surface area contributed by atoms with Gasteiger partial charge in [0.05, 0.1) is 10.6 Å². The van der Waals surface area contributed by atoms with Crippen LogP contribution in [0.15, 0.2) is 12.1 Å². The maximum atomic E-state index is 13.3. The van der Waals surface area contributed by atoms with Crippen molar-refractivity contribution in [2.75, 3.05) is 11.2 Å². The SMILES string of the molecule is O=C(CCCCl)Nc1cc([N+](=O)[O-])c(F)cc1F. The zero-order chi connectivity index (χ0) is 13.7. The highest BCUT2D eigenvalue weighted by atomic mass is 35.5. The monoisotopic (exact) mass is 278 g/mol. The van der Waals surface area contributed by atoms with Crippen LogP contribution in [-0.4, -0.2) is 16.7 Å². The molecule has 1 aromatic carbocycles. The van der Waals surface area contributed by atoms with Gasteiger partial charge in [-0.05, 0) is 6.42 Å². The van der Waals surface area contributed by atoms with Crippen LogP contribution in [0.1, 0.15) is 12.8 Å². The molecule has 0 saturated carbocycles. The van der Waals surface area contributed by atoms with Crippen LogP contribution in [0.3, 0.4) is 0 Å². The fourth-order valence-corrected chi connectivity index (χ4v) is 1.35. The lowest BCUT2D eigenvalue weighted by atomic mass is 10.2. The Morgan fingerprint density at radius 2 is 2.06 bits per heavy atom. The minimum atomic E-state index is -1.30. The molecular formula is C10H9ClF2N2O3. The Bertz CT molecular complexity index is 482. The Balaban J connectivity index is 2.92. The van der Waals surface area contributed by atoms with Crippen molar-refractivity contribution in [1.29, 1.82) is 0 Å². The third kappa shape index (κ3) is 3.63. The van der Waals surface area contributed by atoms with Crippen LogP contribution in [0.4, 0.5) is 20.2 Å². The number of nitrogens with zero attached hydrogens (tertiary/aromatic N) is 1. The molecule has 98 valence electrons. The van der Waals surface area contributed by atoms with Crippen LogP contribution in [0.25, 0.3) is 0 Å². The van der Waals surface area contributed by atoms with Crippen LogP contribution in [0, 0.1) is 21.7 Å². The minimum absolute atomic E-state index is 0.0497. The summed E-state index contributed by atoms with van der Waals surface area (Å²) in [4.78, 5) is 20.7. The number of carbonyl (C=O) groups is 1. The van der Waals surface area contributed by atoms with Crippen molar-refractivity contribution in [3.63, 3.8) is 0 Å². The molecule has 0 bridgehead atoms. The quantitative estimate of drug-likeness (QED) is 0.511. The van der Waals surface area contributed by atoms with Crippen molar-refractivity contribution in [2.24, 2.45) is 0 Å². The van der Waals surface area contributed by atoms with E-state index in [1.165, 1.54) is 0 Å². The highest BCUT2D eigenvalue weighted by molar-refractivity contribution is 6.18. The second-order valence-corrected chi connectivity index (χ2v) is 3.76. The molecule has 0 spiro atoms. The predicted octanol–water partition coefficient (Wildman–Crippen LogP) is 2.83. The molecule has 1 amide bonds. The largest absolute Gasteiger partial charge is 0.323 e. The van der Waals surface area contributed by atoms with Crippen molar-refractivity contribution >= 4 is 28.9 Å². The van der Waals surface area contributed by atoms with Gasteiger partial charge in [-0.1, -0.05) is 0 Å². The highest BCUT2D eigenvalue weighted by Gasteiger charge is 2.19. The lowest BCUT2D eigenvalue weighted by molar-refractivity contribution is -0.387. The molecule has 5 nitrogen and oxygen atoms in total. The second-order valence-electron chi connectivity index (χ2n) is 3.38. The number of amides is 1. The van der Waals surface area contributed by atoms with E-state index in [9.17, 15) is 23.7 Å². The first-order valence-electron chi connectivity index (χ1n) is 4.95. The van der Waals surface area contributed by atoms with Crippen LogP contribution in [-0.2, 0) is 4.79 Å². The number of nitro benzene ring substituents is 1. The number of alkyl halides is 1. The van der Waals surface area contributed by atoms with Gasteiger partial charge < -0.3 is 5.32 Å². The second kappa shape index (κ2) is 6.25. The minimum Gasteiger partial charge on any atom is -0.323 e. The summed E-state index contributed by atoms with van der Waals surface area (Å²) in [7, 11) is 0. The van der Waals surface area contributed by atoms with Gasteiger partial charge in [-0.15, -0.1) is 11.6 Å². The van der Waals surface area contributed by atoms with Crippen LogP contribution in [0.2, 0.25) is 0 Å². The molecule has 0 saturated heterocycles. The molecule has 0 aliphatic rings. The molecule has 0 fully saturated rings. The lowest BCUT2D eigenvalue weighted by Gasteiger charge is -2.06. The molecule has 0 aromatic heterocycles. The number of nitrogens with one attached hydrogen (secondary N) is 1. The number of rotatable bonds is 5. The van der Waals surface area contributed by atoms with E-state index in [4.69, 9.17) is 11.6 Å². The third-order valence-electron chi connectivity index (χ3n) is 2.04. The topological polar surface area (TPSA) is 72.2 Å². The molecule has 18 heavy (non-hydrogen) atoms. The fourth-order valence-electron chi connectivity index (χ4n) is 1.21. The first-order valence-corrected chi connectivity index (χ1v) is 5.48. The standard InChI is InChI=1S/C10H9ClF2N2O3/c11-3-1-2-10(16)14-8-5-9(15(17)18)7(13)4-6(8)12/h4-5H,1-3H2,(H,14,16). The average molecular weight is 279 g/mol. The summed E-state index contributed by atoms with van der Waals surface area (Å²) in [6, 6.07) is 0.999. The van der Waals surface area contributed by atoms with Crippen molar-refractivity contribution < 1.29 is 18.5 Å². The van der Waals surface area contributed by atoms with E-state index < -0.39 is 33.8 Å². The summed E-state index contributed by atoms with van der Waals surface area (Å²) >= 11 is 5.37. The van der Waals surface area contributed by atoms with Gasteiger partial charge in [0, 0.05) is 24.4 Å². The van der Waals surface area contributed by atoms with E-state index in [2.05, 4.69) is 5.32 Å². The number of carbonyl (C=O) groups excluding carboxylic acids is 1. The molecule has 1 rings (SSSR count). The molecule has 0 heterocycles. The van der Waals surface area contributed by atoms with E-state index in [0.29, 0.717) is 18.6 Å². The molecule has 1 aromatic rings. The molecule has 1 N–H and O–H groups in total. The number of benzene rings is 1. The van der Waals surface area contributed by atoms with Crippen LogP contribution in [0.5, 0.6) is 0 Å². The van der Waals surface area contributed by atoms with E-state index in [-0.39, 0.29) is 12.3 Å². The Morgan fingerprint density at radius 3 is 2.61 bits per heavy atom. The Labute approximate surface area is 106 Å². The van der Waals surface area contributed by atoms with Gasteiger partial charge in [0.1, 0.15) is 5.82 Å². The first kappa shape index (κ1) is 14.3. The van der Waals surface area contributed by atoms with E-state index in [1.54, 1.807) is 0 Å². The number of hydrogen-bond donors (Lipinski definition) is 1. The third-order valence-corrected chi connectivity index (χ3v) is 2.31. The molecule has 0 aliphatic carbocycles. The van der Waals surface area contributed by atoms with E-state index >= 15 is 0 Å². The van der Waals surface area contributed by atoms with Gasteiger partial charge in [0.25, 0.3) is 0 Å². The van der Waals surface area contributed by atoms with Crippen molar-refractivity contribution in [1.82, 2.24) is 0 Å². The van der Waals surface area contributed by atoms with Crippen molar-refractivity contribution in [2.45, 2.75) is 12.8 Å². The number of hydrogen-bond acceptors (Lipinski definition) is 3. The Hall–Kier alpha value is -1.76. The zero-order valence-electron chi connectivity index (χ0n) is 9.08. The number of anilines is 1. The normalized spacial score (nSPS) is 10.2. The summed E-state index contributed by atoms with van der Waals surface area (Å²) in [5, 5.41) is 12.6. The van der Waals surface area contributed by atoms with E-state index in [1.807, 2.05) is 0 Å². The highest BCUT2D eigenvalue weighted by Crippen LogP contribution is 2.25. The van der Waals surface area contributed by atoms with Gasteiger partial charge >= 0.3 is 5.69 Å². The zero-order valence-corrected chi connectivity index (χ0v) is 9.84. The average Bonchev–Trinajstić information content (AvgIpc) is 2.29. The summed E-state index contributed by atoms with van der Waals surface area (Å²) in [5.41, 5.74) is -1.33. The summed E-state index contributed by atoms with van der Waals surface area (Å²) in [5.74, 6) is -2.65. The van der Waals surface area contributed by atoms with Gasteiger partial charge in [-0.3, -0.25) is 14.9 Å². The van der Waals surface area contributed by atoms with Gasteiger partial charge in [0.15, 0.2) is 0 Å². The van der Waals surface area contributed by atoms with Crippen molar-refractivity contribution in [3.8, 4) is 0 Å². The van der Waals surface area contributed by atoms with Crippen molar-refractivity contribution in [3.05, 3.63) is 33.9 Å². The molecule has 0 radical (unpaired) electrons. The number of nitro groups is 1. The molecular weight excluding hydrogens is 270 g/mol. The molecule has 8 heteroatoms. The number of halogens is 3. The summed E-state index contributed by atoms with van der Waals surface area (Å²) in [6.07, 6.45) is 0.437. The van der Waals surface area contributed by atoms with E-state index in [0.717, 1.165) is 0 Å². The van der Waals surface area contributed by atoms with Crippen LogP contribution >= 0.6 is 11.6 Å². The molecule has 0 aliphatic heterocycles. The Kier molecular flexibility index (Phi) is 4.96. The molecule has 0 atom stereocenters. The summed E-state index contributed by atoms with van der Waals surface area (Å²) < 4.78 is 26.3. The first-order chi connectivity index (χ1) is 8.45. The van der Waals surface area contributed by atoms with Crippen LogP contribution < -0.4 is 5.32 Å². The summed E-state index contributed by atoms with van der Waals surface area (Å²) in [6.45, 7) is 0. The fraction of sp³-hybridized carbons (Fsp3) is 0.300. The lowest BCUT2D eigenvalue weighted by Crippen LogP contribution is -2.13. The maximum Gasteiger partial charge on any atom is 0.307 e. The predicted molar refractivity (Wildman–Crippen MR) is 61.6 cm³/mol. The molecule has 0 unspecified atom stereocenters. The van der Waals surface area contributed by atoms with Gasteiger partial charge in [-0.25, -0.2) is 4.39 Å². The smallest absolute Gasteiger partial charge is 0.307 e. The maximum absolute atomic E-state index is 13.3.